The number of hydrogen-bond acceptors (Lipinski definition) is 3. The highest BCUT2D eigenvalue weighted by Gasteiger charge is 2.57. The van der Waals surface area contributed by atoms with E-state index in [-0.39, 0.29) is 22.9 Å². The third-order valence-electron chi connectivity index (χ3n) is 5.45. The molecule has 4 nitrogen and oxygen atoms in total. The molecule has 2 fully saturated rings. The number of fused-ring (bicyclic) bond motifs is 2. The molecule has 0 unspecified atom stereocenters. The zero-order valence-corrected chi connectivity index (χ0v) is 15.0. The molecule has 0 radical (unpaired) electrons. The SMILES string of the molecule is CC(C)(C)[C@@]12CC[C@@H](C1)[C@@H](C(=O)Nc1ccc(Br)cc1N)N2. The van der Waals surface area contributed by atoms with Crippen LogP contribution in [0.15, 0.2) is 22.7 Å². The van der Waals surface area contributed by atoms with Gasteiger partial charge in [0.25, 0.3) is 0 Å². The number of benzene rings is 1. The van der Waals surface area contributed by atoms with Gasteiger partial charge in [0, 0.05) is 10.0 Å². The van der Waals surface area contributed by atoms with E-state index in [1.54, 1.807) is 6.07 Å². The summed E-state index contributed by atoms with van der Waals surface area (Å²) in [4.78, 5) is 12.7. The lowest BCUT2D eigenvalue weighted by molar-refractivity contribution is -0.119. The average Bonchev–Trinajstić information content (AvgIpc) is 3.01. The molecule has 1 heterocycles. The molecule has 1 aromatic carbocycles. The highest BCUT2D eigenvalue weighted by molar-refractivity contribution is 9.10. The molecule has 4 N–H and O–H groups in total. The predicted molar refractivity (Wildman–Crippen MR) is 93.6 cm³/mol. The maximum absolute atomic E-state index is 12.7. The highest BCUT2D eigenvalue weighted by Crippen LogP contribution is 2.52. The number of amides is 1. The Morgan fingerprint density at radius 3 is 2.77 bits per heavy atom. The molecule has 1 aliphatic heterocycles. The van der Waals surface area contributed by atoms with Crippen LogP contribution in [-0.4, -0.2) is 17.5 Å². The summed E-state index contributed by atoms with van der Waals surface area (Å²) >= 11 is 3.38. The quantitative estimate of drug-likeness (QED) is 0.702. The van der Waals surface area contributed by atoms with Crippen molar-refractivity contribution in [2.24, 2.45) is 11.3 Å². The number of nitrogens with one attached hydrogen (secondary N) is 2. The smallest absolute Gasteiger partial charge is 0.241 e. The van der Waals surface area contributed by atoms with E-state index in [4.69, 9.17) is 5.73 Å². The number of piperidine rings is 1. The minimum atomic E-state index is -0.115. The Kier molecular flexibility index (Phi) is 3.76. The summed E-state index contributed by atoms with van der Waals surface area (Å²) in [7, 11) is 0. The van der Waals surface area contributed by atoms with Crippen LogP contribution in [0.4, 0.5) is 11.4 Å². The summed E-state index contributed by atoms with van der Waals surface area (Å²) in [5.41, 5.74) is 7.49. The molecular weight excluding hydrogens is 342 g/mol. The van der Waals surface area contributed by atoms with Crippen LogP contribution in [0.25, 0.3) is 0 Å². The van der Waals surface area contributed by atoms with Gasteiger partial charge in [-0.1, -0.05) is 36.7 Å². The number of carbonyl (C=O) groups is 1. The Morgan fingerprint density at radius 2 is 2.18 bits per heavy atom. The summed E-state index contributed by atoms with van der Waals surface area (Å²) in [5.74, 6) is 0.459. The molecule has 3 atom stereocenters. The molecule has 5 heteroatoms. The maximum atomic E-state index is 12.7. The van der Waals surface area contributed by atoms with Crippen LogP contribution >= 0.6 is 15.9 Å². The largest absolute Gasteiger partial charge is 0.397 e. The summed E-state index contributed by atoms with van der Waals surface area (Å²) in [6, 6.07) is 5.41. The second kappa shape index (κ2) is 5.24. The lowest BCUT2D eigenvalue weighted by Gasteiger charge is -2.42. The number of anilines is 2. The van der Waals surface area contributed by atoms with Crippen LogP contribution in [0.2, 0.25) is 0 Å². The lowest BCUT2D eigenvalue weighted by Crippen LogP contribution is -2.56. The van der Waals surface area contributed by atoms with Gasteiger partial charge in [0.05, 0.1) is 17.4 Å². The number of carbonyl (C=O) groups excluding carboxylic acids is 1. The standard InChI is InChI=1S/C17H24BrN3O/c1-16(2,3)17-7-6-10(9-17)14(21-17)15(22)20-13-5-4-11(18)8-12(13)19/h4-5,8,10,14,21H,6-7,9,19H2,1-3H3,(H,20,22)/t10-,14-,17+/m0/s1. The van der Waals surface area contributed by atoms with Crippen molar-refractivity contribution in [1.29, 1.82) is 0 Å². The molecule has 1 amide bonds. The van der Waals surface area contributed by atoms with Crippen molar-refractivity contribution in [3.63, 3.8) is 0 Å². The van der Waals surface area contributed by atoms with Crippen LogP contribution in [0.3, 0.4) is 0 Å². The van der Waals surface area contributed by atoms with Crippen molar-refractivity contribution in [3.8, 4) is 0 Å². The van der Waals surface area contributed by atoms with Gasteiger partial charge in [0.2, 0.25) is 5.91 Å². The maximum Gasteiger partial charge on any atom is 0.241 e. The number of nitrogens with two attached hydrogens (primary N) is 1. The Hall–Kier alpha value is -1.07. The van der Waals surface area contributed by atoms with Gasteiger partial charge in [-0.15, -0.1) is 0 Å². The fourth-order valence-electron chi connectivity index (χ4n) is 3.95. The molecule has 22 heavy (non-hydrogen) atoms. The molecule has 2 bridgehead atoms. The van der Waals surface area contributed by atoms with Gasteiger partial charge >= 0.3 is 0 Å². The lowest BCUT2D eigenvalue weighted by atomic mass is 9.73. The van der Waals surface area contributed by atoms with E-state index < -0.39 is 0 Å². The molecule has 120 valence electrons. The Labute approximate surface area is 140 Å². The first kappa shape index (κ1) is 15.8. The van der Waals surface area contributed by atoms with Crippen LogP contribution < -0.4 is 16.4 Å². The zero-order valence-electron chi connectivity index (χ0n) is 13.4. The zero-order chi connectivity index (χ0) is 16.1. The Balaban J connectivity index is 1.75. The van der Waals surface area contributed by atoms with Crippen molar-refractivity contribution in [2.75, 3.05) is 11.1 Å². The van der Waals surface area contributed by atoms with E-state index in [1.807, 2.05) is 12.1 Å². The normalized spacial score (nSPS) is 30.5. The van der Waals surface area contributed by atoms with E-state index in [1.165, 1.54) is 0 Å². The van der Waals surface area contributed by atoms with Gasteiger partial charge in [-0.05, 0) is 48.8 Å². The minimum Gasteiger partial charge on any atom is -0.397 e. The molecule has 1 aliphatic carbocycles. The van der Waals surface area contributed by atoms with Crippen molar-refractivity contribution >= 4 is 33.2 Å². The predicted octanol–water partition coefficient (Wildman–Crippen LogP) is 3.53. The van der Waals surface area contributed by atoms with E-state index in [0.29, 0.717) is 17.3 Å². The molecule has 3 rings (SSSR count). The summed E-state index contributed by atoms with van der Waals surface area (Å²) in [5, 5.41) is 6.62. The molecule has 0 spiro atoms. The van der Waals surface area contributed by atoms with Gasteiger partial charge in [-0.3, -0.25) is 10.1 Å². The average molecular weight is 366 g/mol. The first-order valence-electron chi connectivity index (χ1n) is 7.85. The van der Waals surface area contributed by atoms with Crippen molar-refractivity contribution in [2.45, 2.75) is 51.6 Å². The van der Waals surface area contributed by atoms with E-state index in [0.717, 1.165) is 23.7 Å². The molecule has 1 saturated carbocycles. The van der Waals surface area contributed by atoms with Crippen LogP contribution in [0.1, 0.15) is 40.0 Å². The van der Waals surface area contributed by atoms with Crippen molar-refractivity contribution < 1.29 is 4.79 Å². The number of nitrogen functional groups attached to an aromatic ring is 1. The first-order chi connectivity index (χ1) is 10.2. The van der Waals surface area contributed by atoms with E-state index in [2.05, 4.69) is 47.3 Å². The molecule has 2 aliphatic rings. The fourth-order valence-corrected chi connectivity index (χ4v) is 4.33. The molecule has 1 aromatic rings. The first-order valence-corrected chi connectivity index (χ1v) is 8.65. The number of rotatable bonds is 2. The van der Waals surface area contributed by atoms with Gasteiger partial charge in [-0.25, -0.2) is 0 Å². The van der Waals surface area contributed by atoms with Crippen LogP contribution in [0, 0.1) is 11.3 Å². The Bertz CT molecular complexity index is 610. The minimum absolute atomic E-state index is 0.0323. The van der Waals surface area contributed by atoms with Gasteiger partial charge in [0.1, 0.15) is 0 Å². The van der Waals surface area contributed by atoms with Gasteiger partial charge in [-0.2, -0.15) is 0 Å². The summed E-state index contributed by atoms with van der Waals surface area (Å²) in [6.45, 7) is 6.78. The topological polar surface area (TPSA) is 67.2 Å². The number of halogens is 1. The number of hydrogen-bond donors (Lipinski definition) is 3. The third-order valence-corrected chi connectivity index (χ3v) is 5.94. The molecular formula is C17H24BrN3O. The van der Waals surface area contributed by atoms with Crippen molar-refractivity contribution in [1.82, 2.24) is 5.32 Å². The van der Waals surface area contributed by atoms with Crippen LogP contribution in [0.5, 0.6) is 0 Å². The molecule has 0 aromatic heterocycles. The third kappa shape index (κ3) is 2.54. The highest BCUT2D eigenvalue weighted by atomic mass is 79.9. The van der Waals surface area contributed by atoms with Crippen molar-refractivity contribution in [3.05, 3.63) is 22.7 Å². The van der Waals surface area contributed by atoms with Gasteiger partial charge in [0.15, 0.2) is 0 Å². The fraction of sp³-hybridized carbons (Fsp3) is 0.588. The second-order valence-electron chi connectivity index (χ2n) is 7.68. The Morgan fingerprint density at radius 1 is 1.45 bits per heavy atom. The monoisotopic (exact) mass is 365 g/mol. The summed E-state index contributed by atoms with van der Waals surface area (Å²) < 4.78 is 0.910. The van der Waals surface area contributed by atoms with Crippen LogP contribution in [-0.2, 0) is 4.79 Å². The summed E-state index contributed by atoms with van der Waals surface area (Å²) in [6.07, 6.45) is 3.37. The van der Waals surface area contributed by atoms with E-state index >= 15 is 0 Å². The van der Waals surface area contributed by atoms with Gasteiger partial charge < -0.3 is 11.1 Å². The molecule has 1 saturated heterocycles. The second-order valence-corrected chi connectivity index (χ2v) is 8.59. The van der Waals surface area contributed by atoms with E-state index in [9.17, 15) is 4.79 Å².